The Morgan fingerprint density at radius 3 is 2.59 bits per heavy atom. The molecule has 0 saturated carbocycles. The summed E-state index contributed by atoms with van der Waals surface area (Å²) in [7, 11) is 0.915. The third kappa shape index (κ3) is 7.42. The van der Waals surface area contributed by atoms with Crippen molar-refractivity contribution >= 4 is 11.9 Å². The van der Waals surface area contributed by atoms with Crippen LogP contribution in [0.25, 0.3) is 0 Å². The van der Waals surface area contributed by atoms with Crippen molar-refractivity contribution in [3.8, 4) is 0 Å². The second kappa shape index (κ2) is 8.66. The number of nitrogens with one attached hydrogen (secondary N) is 1. The molecule has 1 heterocycles. The first-order valence-corrected chi connectivity index (χ1v) is 5.13. The Balaban J connectivity index is 0.000000318. The van der Waals surface area contributed by atoms with Crippen LogP contribution in [0.15, 0.2) is 12.2 Å². The number of carbonyl (C=O) groups excluding carboxylic acids is 2. The lowest BCUT2D eigenvalue weighted by Crippen LogP contribution is -2.36. The molecular weight excluding hydrogens is 231 g/mol. The third-order valence-corrected chi connectivity index (χ3v) is 1.78. The first-order chi connectivity index (χ1) is 8.01. The van der Waals surface area contributed by atoms with E-state index in [2.05, 4.69) is 0 Å². The summed E-state index contributed by atoms with van der Waals surface area (Å²) in [4.78, 5) is 20.7. The Morgan fingerprint density at radius 1 is 1.65 bits per heavy atom. The number of ether oxygens (including phenoxy) is 1. The zero-order valence-electron chi connectivity index (χ0n) is 9.85. The van der Waals surface area contributed by atoms with Crippen LogP contribution in [0.3, 0.4) is 0 Å². The molecule has 0 saturated heterocycles. The van der Waals surface area contributed by atoms with Gasteiger partial charge in [0.15, 0.2) is 0 Å². The van der Waals surface area contributed by atoms with Crippen LogP contribution in [0.2, 0.25) is 0 Å². The lowest BCUT2D eigenvalue weighted by Gasteiger charge is -2.04. The number of hydrogen-bond donors (Lipinski definition) is 2. The van der Waals surface area contributed by atoms with Gasteiger partial charge in [-0.15, -0.1) is 0 Å². The fourth-order valence-corrected chi connectivity index (χ4v) is 0.840. The van der Waals surface area contributed by atoms with Gasteiger partial charge >= 0.3 is 6.03 Å². The fraction of sp³-hybridized carbons (Fsp3) is 0.600. The van der Waals surface area contributed by atoms with Crippen LogP contribution in [0.1, 0.15) is 13.3 Å². The molecule has 7 heteroatoms. The van der Waals surface area contributed by atoms with E-state index in [-0.39, 0.29) is 24.3 Å². The molecule has 0 fully saturated rings. The molecule has 3 amide bonds. The van der Waals surface area contributed by atoms with Gasteiger partial charge < -0.3 is 9.84 Å². The van der Waals surface area contributed by atoms with Gasteiger partial charge in [-0.1, -0.05) is 23.6 Å². The van der Waals surface area contributed by atoms with E-state index in [4.69, 9.17) is 9.84 Å². The van der Waals surface area contributed by atoms with E-state index < -0.39 is 11.9 Å². The standard InChI is InChI=1S/C5H9FN2O2.C5H8O2/c1-3-4(9)7-5(10)8(2)6;6-4-5-2-1-3-7-5/h3H2,1-2H3,(H,7,9,10);1-2,5-6H,3-4H2. The maximum atomic E-state index is 11.9. The minimum Gasteiger partial charge on any atom is -0.393 e. The van der Waals surface area contributed by atoms with Crippen LogP contribution in [0.5, 0.6) is 0 Å². The molecule has 0 radical (unpaired) electrons. The molecule has 1 aliphatic heterocycles. The topological polar surface area (TPSA) is 78.9 Å². The summed E-state index contributed by atoms with van der Waals surface area (Å²) in [5.41, 5.74) is 0. The average molecular weight is 248 g/mol. The number of halogens is 1. The van der Waals surface area contributed by atoms with Gasteiger partial charge in [0.1, 0.15) is 0 Å². The first kappa shape index (κ1) is 15.5. The SMILES string of the molecule is CCC(=O)NC(=O)N(C)F.OCC1C=CCO1. The largest absolute Gasteiger partial charge is 0.393 e. The van der Waals surface area contributed by atoms with Crippen molar-refractivity contribution in [2.24, 2.45) is 0 Å². The molecule has 2 N–H and O–H groups in total. The molecule has 1 unspecified atom stereocenters. The van der Waals surface area contributed by atoms with Crippen LogP contribution in [-0.2, 0) is 9.53 Å². The Hall–Kier alpha value is -1.47. The van der Waals surface area contributed by atoms with Crippen LogP contribution < -0.4 is 5.32 Å². The van der Waals surface area contributed by atoms with Crippen molar-refractivity contribution in [2.75, 3.05) is 20.3 Å². The lowest BCUT2D eigenvalue weighted by molar-refractivity contribution is -0.120. The molecule has 1 aliphatic rings. The average Bonchev–Trinajstić information content (AvgIpc) is 2.82. The second-order valence-electron chi connectivity index (χ2n) is 3.17. The van der Waals surface area contributed by atoms with Crippen LogP contribution >= 0.6 is 0 Å². The number of aliphatic hydroxyl groups excluding tert-OH is 1. The highest BCUT2D eigenvalue weighted by atomic mass is 19.2. The van der Waals surface area contributed by atoms with Gasteiger partial charge in [-0.05, 0) is 0 Å². The highest BCUT2D eigenvalue weighted by molar-refractivity contribution is 5.93. The van der Waals surface area contributed by atoms with Crippen molar-refractivity contribution in [2.45, 2.75) is 19.4 Å². The molecule has 98 valence electrons. The molecule has 0 aliphatic carbocycles. The van der Waals surface area contributed by atoms with E-state index in [1.165, 1.54) is 0 Å². The number of aliphatic hydroxyl groups is 1. The molecule has 0 aromatic heterocycles. The number of imide groups is 1. The first-order valence-electron chi connectivity index (χ1n) is 5.13. The molecule has 6 nitrogen and oxygen atoms in total. The molecule has 0 aromatic carbocycles. The summed E-state index contributed by atoms with van der Waals surface area (Å²) >= 11 is 0. The van der Waals surface area contributed by atoms with Gasteiger partial charge in [-0.3, -0.25) is 10.1 Å². The van der Waals surface area contributed by atoms with E-state index in [0.717, 1.165) is 7.05 Å². The van der Waals surface area contributed by atoms with Gasteiger partial charge in [-0.25, -0.2) is 4.79 Å². The predicted molar refractivity (Wildman–Crippen MR) is 58.7 cm³/mol. The highest BCUT2D eigenvalue weighted by Gasteiger charge is 2.08. The Labute approximate surface area is 99.0 Å². The molecule has 0 spiro atoms. The van der Waals surface area contributed by atoms with Crippen molar-refractivity contribution in [1.29, 1.82) is 0 Å². The normalized spacial score (nSPS) is 17.1. The summed E-state index contributed by atoms with van der Waals surface area (Å²) < 4.78 is 16.8. The number of nitrogens with zero attached hydrogens (tertiary/aromatic N) is 1. The number of carbonyl (C=O) groups is 2. The quantitative estimate of drug-likeness (QED) is 0.547. The van der Waals surface area contributed by atoms with Gasteiger partial charge in [0.05, 0.1) is 19.3 Å². The van der Waals surface area contributed by atoms with Gasteiger partial charge in [0.2, 0.25) is 5.91 Å². The molecule has 1 rings (SSSR count). The van der Waals surface area contributed by atoms with Crippen molar-refractivity contribution in [1.82, 2.24) is 10.4 Å². The van der Waals surface area contributed by atoms with Crippen molar-refractivity contribution in [3.63, 3.8) is 0 Å². The maximum absolute atomic E-state index is 11.9. The predicted octanol–water partition coefficient (Wildman–Crippen LogP) is 0.383. The van der Waals surface area contributed by atoms with Gasteiger partial charge in [0, 0.05) is 13.5 Å². The summed E-state index contributed by atoms with van der Waals surface area (Å²) in [6.45, 7) is 2.34. The van der Waals surface area contributed by atoms with Crippen LogP contribution in [0, 0.1) is 0 Å². The van der Waals surface area contributed by atoms with Crippen molar-refractivity contribution < 1.29 is 23.9 Å². The van der Waals surface area contributed by atoms with E-state index in [1.54, 1.807) is 12.2 Å². The minimum absolute atomic E-state index is 0.0278. The Kier molecular flexibility index (Phi) is 7.91. The third-order valence-electron chi connectivity index (χ3n) is 1.78. The van der Waals surface area contributed by atoms with E-state index in [9.17, 15) is 14.1 Å². The number of hydrogen-bond acceptors (Lipinski definition) is 4. The smallest absolute Gasteiger partial charge is 0.351 e. The fourth-order valence-electron chi connectivity index (χ4n) is 0.840. The Bertz CT molecular complexity index is 281. The van der Waals surface area contributed by atoms with E-state index in [1.807, 2.05) is 12.2 Å². The number of rotatable bonds is 2. The molecular formula is C10H17FN2O4. The summed E-state index contributed by atoms with van der Waals surface area (Å²) in [6, 6.07) is -1.04. The summed E-state index contributed by atoms with van der Waals surface area (Å²) in [5.74, 6) is -0.491. The van der Waals surface area contributed by atoms with E-state index >= 15 is 0 Å². The lowest BCUT2D eigenvalue weighted by atomic mass is 10.4. The van der Waals surface area contributed by atoms with Crippen LogP contribution in [0.4, 0.5) is 9.28 Å². The minimum atomic E-state index is -1.04. The molecule has 0 bridgehead atoms. The number of urea groups is 1. The summed E-state index contributed by atoms with van der Waals surface area (Å²) in [5, 5.41) is 10.0. The van der Waals surface area contributed by atoms with Crippen molar-refractivity contribution in [3.05, 3.63) is 12.2 Å². The van der Waals surface area contributed by atoms with Gasteiger partial charge in [-0.2, -0.15) is 5.12 Å². The monoisotopic (exact) mass is 248 g/mol. The number of amides is 3. The summed E-state index contributed by atoms with van der Waals surface area (Å²) in [6.07, 6.45) is 3.90. The zero-order valence-corrected chi connectivity index (χ0v) is 9.85. The highest BCUT2D eigenvalue weighted by Crippen LogP contribution is 1.99. The second-order valence-corrected chi connectivity index (χ2v) is 3.17. The maximum Gasteiger partial charge on any atom is 0.351 e. The molecule has 0 aromatic rings. The molecule has 1 atom stereocenters. The Morgan fingerprint density at radius 2 is 2.29 bits per heavy atom. The van der Waals surface area contributed by atoms with E-state index in [0.29, 0.717) is 6.61 Å². The van der Waals surface area contributed by atoms with Gasteiger partial charge in [0.25, 0.3) is 0 Å². The zero-order chi connectivity index (χ0) is 13.3. The molecule has 17 heavy (non-hydrogen) atoms. The van der Waals surface area contributed by atoms with Crippen LogP contribution in [-0.4, -0.2) is 48.5 Å².